The van der Waals surface area contributed by atoms with Crippen LogP contribution in [0.2, 0.25) is 0 Å². The van der Waals surface area contributed by atoms with Gasteiger partial charge in [0.05, 0.1) is 4.47 Å². The van der Waals surface area contributed by atoms with E-state index in [1.165, 1.54) is 0 Å². The van der Waals surface area contributed by atoms with Gasteiger partial charge in [0, 0.05) is 0 Å². The summed E-state index contributed by atoms with van der Waals surface area (Å²) in [7, 11) is 0. The molecule has 0 spiro atoms. The van der Waals surface area contributed by atoms with Crippen LogP contribution in [0.4, 0.5) is 0 Å². The van der Waals surface area contributed by atoms with Crippen LogP contribution >= 0.6 is 15.9 Å². The molecule has 0 aromatic heterocycles. The van der Waals surface area contributed by atoms with Crippen LogP contribution < -0.4 is 4.74 Å². The summed E-state index contributed by atoms with van der Waals surface area (Å²) < 4.78 is 5.80. The van der Waals surface area contributed by atoms with Gasteiger partial charge >= 0.3 is 5.97 Å². The zero-order chi connectivity index (χ0) is 10.6. The van der Waals surface area contributed by atoms with E-state index in [0.29, 0.717) is 5.75 Å². The van der Waals surface area contributed by atoms with E-state index in [1.54, 1.807) is 18.2 Å². The van der Waals surface area contributed by atoms with Crippen molar-refractivity contribution in [2.75, 3.05) is 6.61 Å². The van der Waals surface area contributed by atoms with Gasteiger partial charge in [-0.25, -0.2) is 4.79 Å². The Labute approximate surface area is 89.3 Å². The van der Waals surface area contributed by atoms with E-state index in [9.17, 15) is 4.79 Å². The fraction of sp³-hybridized carbons (Fsp3) is 0.222. The molecule has 0 aliphatic carbocycles. The van der Waals surface area contributed by atoms with Gasteiger partial charge in [0.1, 0.15) is 12.4 Å². The highest BCUT2D eigenvalue weighted by Crippen LogP contribution is 2.23. The van der Waals surface area contributed by atoms with Crippen LogP contribution in [0, 0.1) is 0 Å². The summed E-state index contributed by atoms with van der Waals surface area (Å²) in [6.07, 6.45) is -1.50. The van der Waals surface area contributed by atoms with Gasteiger partial charge in [-0.05, 0) is 28.1 Å². The van der Waals surface area contributed by atoms with Crippen LogP contribution in [-0.2, 0) is 4.79 Å². The van der Waals surface area contributed by atoms with E-state index >= 15 is 0 Å². The van der Waals surface area contributed by atoms with Crippen molar-refractivity contribution in [2.24, 2.45) is 0 Å². The van der Waals surface area contributed by atoms with Crippen molar-refractivity contribution in [1.29, 1.82) is 0 Å². The van der Waals surface area contributed by atoms with Crippen LogP contribution in [0.5, 0.6) is 5.75 Å². The molecule has 2 N–H and O–H groups in total. The number of aliphatic carboxylic acids is 1. The third-order valence-corrected chi connectivity index (χ3v) is 2.17. The molecule has 0 fully saturated rings. The Bertz CT molecular complexity index is 326. The van der Waals surface area contributed by atoms with Gasteiger partial charge in [0.2, 0.25) is 0 Å². The number of halogens is 1. The van der Waals surface area contributed by atoms with Crippen molar-refractivity contribution in [2.45, 2.75) is 6.10 Å². The molecule has 0 aliphatic heterocycles. The highest BCUT2D eigenvalue weighted by atomic mass is 79.9. The first-order valence-corrected chi connectivity index (χ1v) is 4.68. The first kappa shape index (κ1) is 11.0. The summed E-state index contributed by atoms with van der Waals surface area (Å²) in [5.41, 5.74) is 0. The van der Waals surface area contributed by atoms with Crippen molar-refractivity contribution in [3.8, 4) is 5.75 Å². The number of hydrogen-bond donors (Lipinski definition) is 2. The predicted molar refractivity (Wildman–Crippen MR) is 53.3 cm³/mol. The molecule has 0 heterocycles. The summed E-state index contributed by atoms with van der Waals surface area (Å²) in [6.45, 7) is -0.266. The fourth-order valence-corrected chi connectivity index (χ4v) is 1.20. The van der Waals surface area contributed by atoms with E-state index in [0.717, 1.165) is 4.47 Å². The van der Waals surface area contributed by atoms with Crippen molar-refractivity contribution in [3.63, 3.8) is 0 Å². The zero-order valence-electron chi connectivity index (χ0n) is 7.18. The maximum Gasteiger partial charge on any atom is 0.336 e. The molecular formula is C9H9BrO4. The first-order chi connectivity index (χ1) is 6.61. The normalized spacial score (nSPS) is 12.1. The van der Waals surface area contributed by atoms with Gasteiger partial charge in [0.15, 0.2) is 6.10 Å². The van der Waals surface area contributed by atoms with Crippen LogP contribution in [-0.4, -0.2) is 28.9 Å². The molecule has 1 aromatic carbocycles. The molecule has 0 saturated carbocycles. The number of aliphatic hydroxyl groups is 1. The Morgan fingerprint density at radius 3 is 2.71 bits per heavy atom. The lowest BCUT2D eigenvalue weighted by Gasteiger charge is -2.09. The number of ether oxygens (including phenoxy) is 1. The van der Waals surface area contributed by atoms with Crippen molar-refractivity contribution in [3.05, 3.63) is 28.7 Å². The van der Waals surface area contributed by atoms with E-state index < -0.39 is 12.1 Å². The number of benzene rings is 1. The quantitative estimate of drug-likeness (QED) is 0.856. The predicted octanol–water partition coefficient (Wildman–Crippen LogP) is 1.27. The SMILES string of the molecule is O=C(O)C(O)COc1ccccc1Br. The van der Waals surface area contributed by atoms with E-state index in [4.69, 9.17) is 14.9 Å². The molecule has 1 rings (SSSR count). The Kier molecular flexibility index (Phi) is 3.91. The number of carboxylic acid groups (broad SMARTS) is 1. The number of rotatable bonds is 4. The molecule has 1 aromatic rings. The Hall–Kier alpha value is -1.07. The molecule has 0 aliphatic rings. The summed E-state index contributed by atoms with van der Waals surface area (Å²) in [5, 5.41) is 17.3. The third kappa shape index (κ3) is 3.01. The van der Waals surface area contributed by atoms with Gasteiger partial charge in [-0.2, -0.15) is 0 Å². The summed E-state index contributed by atoms with van der Waals surface area (Å²) in [5.74, 6) is -0.787. The number of carbonyl (C=O) groups is 1. The third-order valence-electron chi connectivity index (χ3n) is 1.52. The minimum absolute atomic E-state index is 0.266. The molecule has 0 radical (unpaired) electrons. The van der Waals surface area contributed by atoms with Gasteiger partial charge in [-0.15, -0.1) is 0 Å². The summed E-state index contributed by atoms with van der Waals surface area (Å²) in [4.78, 5) is 10.3. The first-order valence-electron chi connectivity index (χ1n) is 3.89. The van der Waals surface area contributed by atoms with E-state index in [1.807, 2.05) is 6.07 Å². The summed E-state index contributed by atoms with van der Waals surface area (Å²) in [6, 6.07) is 7.01. The van der Waals surface area contributed by atoms with E-state index in [-0.39, 0.29) is 6.61 Å². The second kappa shape index (κ2) is 4.97. The van der Waals surface area contributed by atoms with Crippen molar-refractivity contribution in [1.82, 2.24) is 0 Å². The molecule has 1 atom stereocenters. The number of carboxylic acids is 1. The monoisotopic (exact) mass is 260 g/mol. The maximum absolute atomic E-state index is 10.3. The number of hydrogen-bond acceptors (Lipinski definition) is 3. The Morgan fingerprint density at radius 1 is 1.50 bits per heavy atom. The van der Waals surface area contributed by atoms with Gasteiger partial charge < -0.3 is 14.9 Å². The topological polar surface area (TPSA) is 66.8 Å². The fourth-order valence-electron chi connectivity index (χ4n) is 0.802. The molecule has 4 nitrogen and oxygen atoms in total. The lowest BCUT2D eigenvalue weighted by atomic mass is 10.3. The van der Waals surface area contributed by atoms with Gasteiger partial charge in [0.25, 0.3) is 0 Å². The number of aliphatic hydroxyl groups excluding tert-OH is 1. The lowest BCUT2D eigenvalue weighted by Crippen LogP contribution is -2.26. The standard InChI is InChI=1S/C9H9BrO4/c10-6-3-1-2-4-8(6)14-5-7(11)9(12)13/h1-4,7,11H,5H2,(H,12,13). The molecule has 14 heavy (non-hydrogen) atoms. The highest BCUT2D eigenvalue weighted by molar-refractivity contribution is 9.10. The molecular weight excluding hydrogens is 252 g/mol. The Morgan fingerprint density at radius 2 is 2.14 bits per heavy atom. The molecule has 1 unspecified atom stereocenters. The Balaban J connectivity index is 2.54. The molecule has 5 heteroatoms. The van der Waals surface area contributed by atoms with Gasteiger partial charge in [-0.3, -0.25) is 0 Å². The lowest BCUT2D eigenvalue weighted by molar-refractivity contribution is -0.148. The highest BCUT2D eigenvalue weighted by Gasteiger charge is 2.14. The summed E-state index contributed by atoms with van der Waals surface area (Å²) >= 11 is 3.23. The molecule has 0 bridgehead atoms. The molecule has 76 valence electrons. The van der Waals surface area contributed by atoms with Crippen molar-refractivity contribution < 1.29 is 19.7 Å². The average molecular weight is 261 g/mol. The minimum Gasteiger partial charge on any atom is -0.489 e. The van der Waals surface area contributed by atoms with Crippen LogP contribution in [0.3, 0.4) is 0 Å². The van der Waals surface area contributed by atoms with Gasteiger partial charge in [-0.1, -0.05) is 12.1 Å². The smallest absolute Gasteiger partial charge is 0.336 e. The second-order valence-corrected chi connectivity index (χ2v) is 3.45. The maximum atomic E-state index is 10.3. The van der Waals surface area contributed by atoms with Crippen LogP contribution in [0.15, 0.2) is 28.7 Å². The average Bonchev–Trinajstić information content (AvgIpc) is 2.16. The van der Waals surface area contributed by atoms with Crippen molar-refractivity contribution >= 4 is 21.9 Å². The molecule has 0 amide bonds. The van der Waals surface area contributed by atoms with E-state index in [2.05, 4.69) is 15.9 Å². The largest absolute Gasteiger partial charge is 0.489 e. The minimum atomic E-state index is -1.50. The number of para-hydroxylation sites is 1. The molecule has 0 saturated heterocycles. The zero-order valence-corrected chi connectivity index (χ0v) is 8.77. The van der Waals surface area contributed by atoms with Crippen LogP contribution in [0.25, 0.3) is 0 Å². The second-order valence-electron chi connectivity index (χ2n) is 2.60. The van der Waals surface area contributed by atoms with Crippen LogP contribution in [0.1, 0.15) is 0 Å².